The molecule has 0 saturated heterocycles. The molecule has 0 amide bonds. The molecule has 0 aromatic carbocycles. The highest BCUT2D eigenvalue weighted by Gasteiger charge is 2.25. The van der Waals surface area contributed by atoms with Crippen molar-refractivity contribution in [1.29, 1.82) is 0 Å². The zero-order chi connectivity index (χ0) is 14.9. The van der Waals surface area contributed by atoms with Gasteiger partial charge < -0.3 is 11.1 Å². The summed E-state index contributed by atoms with van der Waals surface area (Å²) in [5.41, 5.74) is 6.50. The van der Waals surface area contributed by atoms with Gasteiger partial charge in [-0.15, -0.1) is 0 Å². The molecule has 116 valence electrons. The topological polar surface area (TPSA) is 38.0 Å². The number of hydrogen-bond donors (Lipinski definition) is 2. The van der Waals surface area contributed by atoms with Crippen molar-refractivity contribution in [3.63, 3.8) is 0 Å². The Hall–Kier alpha value is -0.0800. The van der Waals surface area contributed by atoms with Crippen LogP contribution in [0.5, 0.6) is 0 Å². The molecule has 0 radical (unpaired) electrons. The van der Waals surface area contributed by atoms with Crippen LogP contribution < -0.4 is 11.1 Å². The average Bonchev–Trinajstić information content (AvgIpc) is 2.37. The van der Waals surface area contributed by atoms with Crippen molar-refractivity contribution in [2.75, 3.05) is 13.1 Å². The Morgan fingerprint density at radius 1 is 0.947 bits per heavy atom. The summed E-state index contributed by atoms with van der Waals surface area (Å²) < 4.78 is 0. The molecule has 0 saturated carbocycles. The van der Waals surface area contributed by atoms with Gasteiger partial charge in [0.15, 0.2) is 0 Å². The van der Waals surface area contributed by atoms with E-state index in [0.29, 0.717) is 11.0 Å². The molecule has 0 aromatic rings. The fourth-order valence-corrected chi connectivity index (χ4v) is 3.04. The lowest BCUT2D eigenvalue weighted by molar-refractivity contribution is 0.205. The van der Waals surface area contributed by atoms with Crippen molar-refractivity contribution in [3.8, 4) is 0 Å². The second kappa shape index (κ2) is 8.97. The van der Waals surface area contributed by atoms with E-state index >= 15 is 0 Å². The first kappa shape index (κ1) is 18.9. The normalized spacial score (nSPS) is 14.7. The lowest BCUT2D eigenvalue weighted by atomic mass is 9.76. The Balaban J connectivity index is 4.13. The van der Waals surface area contributed by atoms with Gasteiger partial charge in [0, 0.05) is 5.54 Å². The van der Waals surface area contributed by atoms with Gasteiger partial charge in [-0.1, -0.05) is 41.5 Å². The molecule has 2 heteroatoms. The summed E-state index contributed by atoms with van der Waals surface area (Å²) in [5.74, 6) is 0.749. The molecule has 1 atom stereocenters. The van der Waals surface area contributed by atoms with E-state index in [2.05, 4.69) is 46.9 Å². The van der Waals surface area contributed by atoms with Crippen molar-refractivity contribution >= 4 is 0 Å². The minimum Gasteiger partial charge on any atom is -0.330 e. The van der Waals surface area contributed by atoms with Gasteiger partial charge in [-0.2, -0.15) is 0 Å². The summed E-state index contributed by atoms with van der Waals surface area (Å²) in [6.07, 6.45) is 7.40. The van der Waals surface area contributed by atoms with Crippen LogP contribution in [0.4, 0.5) is 0 Å². The highest BCUT2D eigenvalue weighted by atomic mass is 15.0. The van der Waals surface area contributed by atoms with E-state index in [-0.39, 0.29) is 0 Å². The smallest absolute Gasteiger partial charge is 0.0173 e. The van der Waals surface area contributed by atoms with Crippen LogP contribution in [0.25, 0.3) is 0 Å². The molecule has 0 aliphatic carbocycles. The minimum absolute atomic E-state index is 0.366. The molecule has 0 spiro atoms. The van der Waals surface area contributed by atoms with Crippen molar-refractivity contribution < 1.29 is 0 Å². The summed E-state index contributed by atoms with van der Waals surface area (Å²) in [4.78, 5) is 0. The molecular formula is C17H38N2. The second-order valence-corrected chi connectivity index (χ2v) is 7.05. The zero-order valence-corrected chi connectivity index (χ0v) is 14.3. The van der Waals surface area contributed by atoms with Gasteiger partial charge in [-0.25, -0.2) is 0 Å². The second-order valence-electron chi connectivity index (χ2n) is 7.05. The molecule has 1 unspecified atom stereocenters. The molecule has 0 fully saturated rings. The molecule has 0 heterocycles. The molecule has 19 heavy (non-hydrogen) atoms. The largest absolute Gasteiger partial charge is 0.330 e. The van der Waals surface area contributed by atoms with Crippen LogP contribution >= 0.6 is 0 Å². The first-order valence-electron chi connectivity index (χ1n) is 8.30. The molecular weight excluding hydrogens is 232 g/mol. The van der Waals surface area contributed by atoms with Crippen LogP contribution in [0.1, 0.15) is 80.1 Å². The summed E-state index contributed by atoms with van der Waals surface area (Å²) in [6.45, 7) is 15.9. The Kier molecular flexibility index (Phi) is 8.93. The Labute approximate surface area is 121 Å². The Morgan fingerprint density at radius 2 is 1.47 bits per heavy atom. The van der Waals surface area contributed by atoms with Crippen molar-refractivity contribution in [2.45, 2.75) is 85.6 Å². The molecule has 0 rings (SSSR count). The van der Waals surface area contributed by atoms with Crippen LogP contribution in [0.15, 0.2) is 0 Å². The predicted octanol–water partition coefficient (Wildman–Crippen LogP) is 4.34. The van der Waals surface area contributed by atoms with Gasteiger partial charge in [0.05, 0.1) is 0 Å². The average molecular weight is 271 g/mol. The molecule has 3 N–H and O–H groups in total. The summed E-state index contributed by atoms with van der Waals surface area (Å²) >= 11 is 0. The molecule has 2 nitrogen and oxygen atoms in total. The van der Waals surface area contributed by atoms with Gasteiger partial charge in [-0.05, 0) is 62.9 Å². The Bertz CT molecular complexity index is 206. The number of rotatable bonds is 10. The van der Waals surface area contributed by atoms with Crippen LogP contribution in [0.3, 0.4) is 0 Å². The van der Waals surface area contributed by atoms with E-state index < -0.39 is 0 Å². The molecule has 0 aliphatic rings. The van der Waals surface area contributed by atoms with E-state index in [4.69, 9.17) is 5.73 Å². The predicted molar refractivity (Wildman–Crippen MR) is 87.5 cm³/mol. The van der Waals surface area contributed by atoms with E-state index in [1.165, 1.54) is 32.1 Å². The standard InChI is InChI=1S/C17H38N2/c1-7-17(8-2,9-3)19-14-10-11-15(12-13-18)16(4,5)6/h15,19H,7-14,18H2,1-6H3. The van der Waals surface area contributed by atoms with E-state index in [0.717, 1.165) is 25.4 Å². The van der Waals surface area contributed by atoms with Crippen molar-refractivity contribution in [1.82, 2.24) is 5.32 Å². The fourth-order valence-electron chi connectivity index (χ4n) is 3.04. The quantitative estimate of drug-likeness (QED) is 0.580. The number of hydrogen-bond acceptors (Lipinski definition) is 2. The highest BCUT2D eigenvalue weighted by Crippen LogP contribution is 2.32. The minimum atomic E-state index is 0.366. The third kappa shape index (κ3) is 6.76. The third-order valence-electron chi connectivity index (χ3n) is 5.00. The zero-order valence-electron chi connectivity index (χ0n) is 14.3. The summed E-state index contributed by atoms with van der Waals surface area (Å²) in [5, 5.41) is 3.80. The van der Waals surface area contributed by atoms with Crippen LogP contribution in [-0.2, 0) is 0 Å². The molecule has 0 aliphatic heterocycles. The van der Waals surface area contributed by atoms with Gasteiger partial charge in [0.25, 0.3) is 0 Å². The Morgan fingerprint density at radius 3 is 1.84 bits per heavy atom. The van der Waals surface area contributed by atoms with E-state index in [1.807, 2.05) is 0 Å². The number of nitrogens with one attached hydrogen (secondary N) is 1. The fraction of sp³-hybridized carbons (Fsp3) is 1.00. The lowest BCUT2D eigenvalue weighted by Crippen LogP contribution is -2.44. The van der Waals surface area contributed by atoms with Crippen LogP contribution in [0, 0.1) is 11.3 Å². The SMILES string of the molecule is CCC(CC)(CC)NCCCC(CCN)C(C)(C)C. The first-order chi connectivity index (χ1) is 8.85. The third-order valence-corrected chi connectivity index (χ3v) is 5.00. The molecule has 0 bridgehead atoms. The van der Waals surface area contributed by atoms with Crippen LogP contribution in [-0.4, -0.2) is 18.6 Å². The summed E-state index contributed by atoms with van der Waals surface area (Å²) in [7, 11) is 0. The highest BCUT2D eigenvalue weighted by molar-refractivity contribution is 4.84. The van der Waals surface area contributed by atoms with Crippen molar-refractivity contribution in [2.24, 2.45) is 17.1 Å². The van der Waals surface area contributed by atoms with E-state index in [9.17, 15) is 0 Å². The monoisotopic (exact) mass is 270 g/mol. The maximum Gasteiger partial charge on any atom is 0.0173 e. The first-order valence-corrected chi connectivity index (χ1v) is 8.30. The van der Waals surface area contributed by atoms with Gasteiger partial charge in [-0.3, -0.25) is 0 Å². The number of nitrogens with two attached hydrogens (primary N) is 1. The molecule has 0 aromatic heterocycles. The van der Waals surface area contributed by atoms with Gasteiger partial charge in [0.2, 0.25) is 0 Å². The van der Waals surface area contributed by atoms with Crippen LogP contribution in [0.2, 0.25) is 0 Å². The maximum absolute atomic E-state index is 5.75. The summed E-state index contributed by atoms with van der Waals surface area (Å²) in [6, 6.07) is 0. The van der Waals surface area contributed by atoms with Crippen molar-refractivity contribution in [3.05, 3.63) is 0 Å². The maximum atomic E-state index is 5.75. The lowest BCUT2D eigenvalue weighted by Gasteiger charge is -2.34. The van der Waals surface area contributed by atoms with Gasteiger partial charge in [0.1, 0.15) is 0 Å². The van der Waals surface area contributed by atoms with Gasteiger partial charge >= 0.3 is 0 Å². The van der Waals surface area contributed by atoms with E-state index in [1.54, 1.807) is 0 Å².